The van der Waals surface area contributed by atoms with Crippen LogP contribution in [0.25, 0.3) is 0 Å². The van der Waals surface area contributed by atoms with Crippen LogP contribution in [0, 0.1) is 0 Å². The number of piperazine rings is 1. The van der Waals surface area contributed by atoms with E-state index in [2.05, 4.69) is 23.8 Å². The first-order valence-corrected chi connectivity index (χ1v) is 6.70. The highest BCUT2D eigenvalue weighted by atomic mass is 16.5. The van der Waals surface area contributed by atoms with Crippen LogP contribution in [0.2, 0.25) is 0 Å². The van der Waals surface area contributed by atoms with Gasteiger partial charge in [-0.3, -0.25) is 4.90 Å². The molecule has 0 amide bonds. The number of carbonyl (C=O) groups is 1. The lowest BCUT2D eigenvalue weighted by molar-refractivity contribution is 0.0595. The molecule has 1 heterocycles. The number of carbonyl (C=O) groups excluding carboxylic acids is 1. The van der Waals surface area contributed by atoms with Gasteiger partial charge in [0.25, 0.3) is 0 Å². The van der Waals surface area contributed by atoms with Crippen LogP contribution in [-0.4, -0.2) is 55.6 Å². The topological polar surface area (TPSA) is 32.8 Å². The fourth-order valence-corrected chi connectivity index (χ4v) is 2.48. The van der Waals surface area contributed by atoms with Crippen molar-refractivity contribution >= 4 is 5.97 Å². The molecule has 0 N–H and O–H groups in total. The summed E-state index contributed by atoms with van der Waals surface area (Å²) in [5.41, 5.74) is 1.72. The Hall–Kier alpha value is -1.39. The third kappa shape index (κ3) is 3.33. The molecule has 1 unspecified atom stereocenters. The molecule has 1 atom stereocenters. The van der Waals surface area contributed by atoms with Gasteiger partial charge in [-0.15, -0.1) is 0 Å². The van der Waals surface area contributed by atoms with Crippen LogP contribution in [-0.2, 0) is 11.3 Å². The van der Waals surface area contributed by atoms with Crippen LogP contribution < -0.4 is 0 Å². The van der Waals surface area contributed by atoms with Crippen molar-refractivity contribution in [3.05, 3.63) is 35.4 Å². The maximum Gasteiger partial charge on any atom is 0.338 e. The van der Waals surface area contributed by atoms with Crippen molar-refractivity contribution in [2.75, 3.05) is 33.8 Å². The van der Waals surface area contributed by atoms with Crippen LogP contribution in [0.1, 0.15) is 22.8 Å². The average molecular weight is 262 g/mol. The van der Waals surface area contributed by atoms with E-state index in [4.69, 9.17) is 4.74 Å². The molecule has 4 nitrogen and oxygen atoms in total. The average Bonchev–Trinajstić information content (AvgIpc) is 2.43. The minimum Gasteiger partial charge on any atom is -0.465 e. The van der Waals surface area contributed by atoms with E-state index in [1.54, 1.807) is 0 Å². The summed E-state index contributed by atoms with van der Waals surface area (Å²) in [5.74, 6) is -0.252. The quantitative estimate of drug-likeness (QED) is 0.775. The molecule has 0 radical (unpaired) electrons. The minimum absolute atomic E-state index is 0.252. The second-order valence-corrected chi connectivity index (χ2v) is 5.21. The fraction of sp³-hybridized carbons (Fsp3) is 0.533. The zero-order valence-electron chi connectivity index (χ0n) is 11.9. The summed E-state index contributed by atoms with van der Waals surface area (Å²) in [7, 11) is 3.58. The van der Waals surface area contributed by atoms with E-state index < -0.39 is 0 Å². The molecule has 0 aliphatic carbocycles. The molecule has 1 aromatic rings. The summed E-state index contributed by atoms with van der Waals surface area (Å²) >= 11 is 0. The van der Waals surface area contributed by atoms with Crippen LogP contribution in [0.4, 0.5) is 0 Å². The Morgan fingerprint density at radius 1 is 1.37 bits per heavy atom. The predicted octanol–water partition coefficient (Wildman–Crippen LogP) is 1.61. The van der Waals surface area contributed by atoms with E-state index in [9.17, 15) is 4.79 Å². The largest absolute Gasteiger partial charge is 0.465 e. The van der Waals surface area contributed by atoms with Crippen molar-refractivity contribution in [2.45, 2.75) is 19.5 Å². The number of ether oxygens (including phenoxy) is 1. The summed E-state index contributed by atoms with van der Waals surface area (Å²) in [5, 5.41) is 0. The van der Waals surface area contributed by atoms with E-state index in [1.165, 1.54) is 7.11 Å². The molecular formula is C15H22N2O2. The van der Waals surface area contributed by atoms with E-state index in [0.29, 0.717) is 11.6 Å². The van der Waals surface area contributed by atoms with E-state index in [1.807, 2.05) is 24.3 Å². The van der Waals surface area contributed by atoms with Crippen molar-refractivity contribution in [1.29, 1.82) is 0 Å². The van der Waals surface area contributed by atoms with Crippen molar-refractivity contribution in [1.82, 2.24) is 9.80 Å². The second-order valence-electron chi connectivity index (χ2n) is 5.21. The molecule has 0 bridgehead atoms. The zero-order chi connectivity index (χ0) is 13.8. The van der Waals surface area contributed by atoms with Gasteiger partial charge in [-0.1, -0.05) is 18.2 Å². The van der Waals surface area contributed by atoms with Gasteiger partial charge >= 0.3 is 5.97 Å². The standard InChI is InChI=1S/C15H22N2O2/c1-12-10-17(9-8-16(12)2)11-13-6-4-5-7-14(13)15(18)19-3/h4-7,12H,8-11H2,1-3H3. The van der Waals surface area contributed by atoms with Gasteiger partial charge in [-0.2, -0.15) is 0 Å². The lowest BCUT2D eigenvalue weighted by Crippen LogP contribution is -2.49. The fourth-order valence-electron chi connectivity index (χ4n) is 2.48. The lowest BCUT2D eigenvalue weighted by atomic mass is 10.1. The Bertz CT molecular complexity index is 448. The van der Waals surface area contributed by atoms with Crippen molar-refractivity contribution in [2.24, 2.45) is 0 Å². The van der Waals surface area contributed by atoms with Crippen molar-refractivity contribution < 1.29 is 9.53 Å². The highest BCUT2D eigenvalue weighted by molar-refractivity contribution is 5.90. The first kappa shape index (κ1) is 14.0. The Balaban J connectivity index is 2.09. The molecule has 1 fully saturated rings. The number of hydrogen-bond donors (Lipinski definition) is 0. The summed E-state index contributed by atoms with van der Waals surface area (Å²) < 4.78 is 4.84. The van der Waals surface area contributed by atoms with Crippen LogP contribution in [0.3, 0.4) is 0 Å². The first-order valence-electron chi connectivity index (χ1n) is 6.70. The SMILES string of the molecule is COC(=O)c1ccccc1CN1CCN(C)C(C)C1. The number of likely N-dealkylation sites (N-methyl/N-ethyl adjacent to an activating group) is 1. The van der Waals surface area contributed by atoms with Crippen LogP contribution in [0.5, 0.6) is 0 Å². The molecule has 0 aromatic heterocycles. The molecule has 104 valence electrons. The van der Waals surface area contributed by atoms with Gasteiger partial charge in [-0.25, -0.2) is 4.79 Å². The number of esters is 1. The van der Waals surface area contributed by atoms with Gasteiger partial charge in [-0.05, 0) is 25.6 Å². The minimum atomic E-state index is -0.252. The Kier molecular flexibility index (Phi) is 4.56. The molecule has 2 rings (SSSR count). The summed E-state index contributed by atoms with van der Waals surface area (Å²) in [4.78, 5) is 16.5. The molecule has 19 heavy (non-hydrogen) atoms. The molecule has 0 spiro atoms. The lowest BCUT2D eigenvalue weighted by Gasteiger charge is -2.37. The van der Waals surface area contributed by atoms with Crippen LogP contribution >= 0.6 is 0 Å². The number of hydrogen-bond acceptors (Lipinski definition) is 4. The molecule has 1 aromatic carbocycles. The van der Waals surface area contributed by atoms with Gasteiger partial charge in [0.15, 0.2) is 0 Å². The van der Waals surface area contributed by atoms with Gasteiger partial charge in [0.2, 0.25) is 0 Å². The molecule has 4 heteroatoms. The van der Waals surface area contributed by atoms with E-state index in [0.717, 1.165) is 31.7 Å². The highest BCUT2D eigenvalue weighted by Gasteiger charge is 2.22. The zero-order valence-corrected chi connectivity index (χ0v) is 11.9. The summed E-state index contributed by atoms with van der Waals surface area (Å²) in [6.45, 7) is 6.19. The number of rotatable bonds is 3. The van der Waals surface area contributed by atoms with Crippen LogP contribution in [0.15, 0.2) is 24.3 Å². The number of benzene rings is 1. The Labute approximate surface area is 115 Å². The number of nitrogens with zero attached hydrogens (tertiary/aromatic N) is 2. The van der Waals surface area contributed by atoms with E-state index in [-0.39, 0.29) is 5.97 Å². The smallest absolute Gasteiger partial charge is 0.338 e. The van der Waals surface area contributed by atoms with Crippen molar-refractivity contribution in [3.8, 4) is 0 Å². The molecule has 0 saturated carbocycles. The molecule has 1 saturated heterocycles. The normalized spacial score (nSPS) is 21.3. The highest BCUT2D eigenvalue weighted by Crippen LogP contribution is 2.15. The summed E-state index contributed by atoms with van der Waals surface area (Å²) in [6, 6.07) is 8.25. The van der Waals surface area contributed by atoms with Gasteiger partial charge < -0.3 is 9.64 Å². The van der Waals surface area contributed by atoms with Gasteiger partial charge in [0.1, 0.15) is 0 Å². The monoisotopic (exact) mass is 262 g/mol. The van der Waals surface area contributed by atoms with Gasteiger partial charge in [0, 0.05) is 32.2 Å². The molecule has 1 aliphatic heterocycles. The maximum atomic E-state index is 11.7. The third-order valence-corrected chi connectivity index (χ3v) is 3.86. The molecule has 1 aliphatic rings. The second kappa shape index (κ2) is 6.17. The van der Waals surface area contributed by atoms with Crippen molar-refractivity contribution in [3.63, 3.8) is 0 Å². The Morgan fingerprint density at radius 3 is 2.79 bits per heavy atom. The van der Waals surface area contributed by atoms with E-state index >= 15 is 0 Å². The molecular weight excluding hydrogens is 240 g/mol. The third-order valence-electron chi connectivity index (χ3n) is 3.86. The Morgan fingerprint density at radius 2 is 2.11 bits per heavy atom. The first-order chi connectivity index (χ1) is 9.11. The predicted molar refractivity (Wildman–Crippen MR) is 75.2 cm³/mol. The maximum absolute atomic E-state index is 11.7. The summed E-state index contributed by atoms with van der Waals surface area (Å²) in [6.07, 6.45) is 0. The number of methoxy groups -OCH3 is 1. The van der Waals surface area contributed by atoms with Gasteiger partial charge in [0.05, 0.1) is 12.7 Å².